The van der Waals surface area contributed by atoms with Crippen molar-refractivity contribution in [3.05, 3.63) is 29.7 Å². The van der Waals surface area contributed by atoms with Gasteiger partial charge in [-0.25, -0.2) is 18.3 Å². The van der Waals surface area contributed by atoms with Crippen molar-refractivity contribution < 1.29 is 35.9 Å². The van der Waals surface area contributed by atoms with Gasteiger partial charge in [-0.3, -0.25) is 9.69 Å². The highest BCUT2D eigenvalue weighted by Crippen LogP contribution is 2.44. The third-order valence-corrected chi connectivity index (χ3v) is 9.28. The molecular weight excluding hydrogens is 566 g/mol. The molecule has 4 aliphatic rings. The number of rotatable bonds is 7. The molecule has 1 saturated carbocycles. The van der Waals surface area contributed by atoms with Gasteiger partial charge in [-0.2, -0.15) is 22.7 Å². The summed E-state index contributed by atoms with van der Waals surface area (Å²) in [6, 6.07) is 1.69. The Labute approximate surface area is 239 Å². The van der Waals surface area contributed by atoms with E-state index in [0.717, 1.165) is 0 Å². The maximum absolute atomic E-state index is 14.0. The number of alkyl halides is 6. The summed E-state index contributed by atoms with van der Waals surface area (Å²) in [5.41, 5.74) is 1.83. The van der Waals surface area contributed by atoms with Crippen molar-refractivity contribution in [2.24, 2.45) is 11.8 Å². The number of amides is 1. The van der Waals surface area contributed by atoms with Crippen LogP contribution in [-0.4, -0.2) is 99.5 Å². The number of nitrogens with one attached hydrogen (secondary N) is 1. The van der Waals surface area contributed by atoms with Gasteiger partial charge in [0.15, 0.2) is 5.65 Å². The fraction of sp³-hybridized carbons (Fsp3) is 0.750. The van der Waals surface area contributed by atoms with Crippen LogP contribution in [0, 0.1) is 11.8 Å². The number of carbonyl (C=O) groups is 1. The van der Waals surface area contributed by atoms with Crippen LogP contribution in [0.25, 0.3) is 5.65 Å². The van der Waals surface area contributed by atoms with Gasteiger partial charge in [-0.05, 0) is 30.4 Å². The Morgan fingerprint density at radius 2 is 1.71 bits per heavy atom. The molecule has 0 aromatic carbocycles. The van der Waals surface area contributed by atoms with Crippen LogP contribution in [0.5, 0.6) is 0 Å². The van der Waals surface area contributed by atoms with E-state index in [0.29, 0.717) is 54.4 Å². The molecule has 3 aliphatic heterocycles. The van der Waals surface area contributed by atoms with Crippen molar-refractivity contribution in [3.8, 4) is 0 Å². The van der Waals surface area contributed by atoms with Crippen LogP contribution in [0.2, 0.25) is 0 Å². The zero-order valence-electron chi connectivity index (χ0n) is 23.6. The summed E-state index contributed by atoms with van der Waals surface area (Å²) in [6.07, 6.45) is 3.77. The Bertz CT molecular complexity index is 1290. The maximum atomic E-state index is 14.0. The zero-order valence-corrected chi connectivity index (χ0v) is 23.6. The van der Waals surface area contributed by atoms with Gasteiger partial charge in [0.2, 0.25) is 11.8 Å². The molecule has 5 heterocycles. The van der Waals surface area contributed by atoms with Gasteiger partial charge >= 0.3 is 11.8 Å². The molecule has 14 heteroatoms. The number of carbonyl (C=O) groups excluding carboxylic acids is 1. The van der Waals surface area contributed by atoms with Crippen molar-refractivity contribution in [1.82, 2.24) is 29.7 Å². The fourth-order valence-electron chi connectivity index (χ4n) is 6.79. The third kappa shape index (κ3) is 5.49. The second-order valence-electron chi connectivity index (χ2n) is 12.7. The first-order valence-corrected chi connectivity index (χ1v) is 14.6. The smallest absolute Gasteiger partial charge is 0.329 e. The first kappa shape index (κ1) is 29.6. The molecule has 6 rings (SSSR count). The predicted molar refractivity (Wildman–Crippen MR) is 140 cm³/mol. The molecule has 3 atom stereocenters. The molecule has 1 N–H and O–H groups in total. The number of halogens is 6. The zero-order chi connectivity index (χ0) is 30.0. The number of hydrogen-bond acceptors (Lipinski definition) is 6. The van der Waals surface area contributed by atoms with Gasteiger partial charge in [-0.15, -0.1) is 0 Å². The van der Waals surface area contributed by atoms with Gasteiger partial charge in [0, 0.05) is 37.9 Å². The lowest BCUT2D eigenvalue weighted by atomic mass is 9.81. The van der Waals surface area contributed by atoms with Gasteiger partial charge in [-0.1, -0.05) is 13.8 Å². The number of nitrogens with zero attached hydrogens (tertiary/aromatic N) is 5. The van der Waals surface area contributed by atoms with Crippen LogP contribution >= 0.6 is 0 Å². The first-order valence-electron chi connectivity index (χ1n) is 14.6. The minimum atomic E-state index is -4.28. The minimum absolute atomic E-state index is 0.0248. The SMILES string of the molecule is CC(C)NC(c1cn2ncc(C3CN(C4COC4)CC3C(=O)N3CC(F)(F)C(F)(F)C3)cc2n1)C1CCC(F)(F)CC1. The van der Waals surface area contributed by atoms with E-state index in [1.54, 1.807) is 23.0 Å². The fourth-order valence-corrected chi connectivity index (χ4v) is 6.79. The average molecular weight is 603 g/mol. The summed E-state index contributed by atoms with van der Waals surface area (Å²) < 4.78 is 90.5. The van der Waals surface area contributed by atoms with Crippen molar-refractivity contribution >= 4 is 11.6 Å². The van der Waals surface area contributed by atoms with Crippen molar-refractivity contribution in [2.75, 3.05) is 39.4 Å². The Morgan fingerprint density at radius 1 is 1.05 bits per heavy atom. The number of imidazole rings is 1. The van der Waals surface area contributed by atoms with Crippen LogP contribution < -0.4 is 5.32 Å². The van der Waals surface area contributed by atoms with Gasteiger partial charge in [0.25, 0.3) is 0 Å². The molecular formula is C28H36F6N6O2. The van der Waals surface area contributed by atoms with Crippen molar-refractivity contribution in [3.63, 3.8) is 0 Å². The molecule has 8 nitrogen and oxygen atoms in total. The average Bonchev–Trinajstić information content (AvgIpc) is 3.54. The van der Waals surface area contributed by atoms with Crippen LogP contribution in [-0.2, 0) is 9.53 Å². The van der Waals surface area contributed by atoms with Crippen LogP contribution in [0.15, 0.2) is 18.5 Å². The van der Waals surface area contributed by atoms with E-state index in [-0.39, 0.29) is 43.4 Å². The van der Waals surface area contributed by atoms with Crippen molar-refractivity contribution in [1.29, 1.82) is 0 Å². The Hall–Kier alpha value is -2.45. The van der Waals surface area contributed by atoms with E-state index in [2.05, 4.69) is 10.4 Å². The highest BCUT2D eigenvalue weighted by molar-refractivity contribution is 5.81. The van der Waals surface area contributed by atoms with Crippen LogP contribution in [0.1, 0.15) is 62.7 Å². The molecule has 1 amide bonds. The van der Waals surface area contributed by atoms with E-state index in [1.165, 1.54) is 0 Å². The second kappa shape index (κ2) is 10.6. The molecule has 232 valence electrons. The normalized spacial score (nSPS) is 28.9. The standard InChI is InChI=1S/C28H36F6N6O2/c1-16(2)36-24(17-3-5-26(29,30)6-4-17)22-11-40-23(37-22)7-18(8-35-40)20-9-38(19-12-42-13-19)10-21(20)25(41)39-14-27(31,32)28(33,34)15-39/h7-8,11,16-17,19-21,24,36H,3-6,9-10,12-15H2,1-2H3. The number of fused-ring (bicyclic) bond motifs is 1. The monoisotopic (exact) mass is 602 g/mol. The lowest BCUT2D eigenvalue weighted by Gasteiger charge is -2.34. The number of hydrogen-bond donors (Lipinski definition) is 1. The number of likely N-dealkylation sites (tertiary alicyclic amines) is 2. The molecule has 0 bridgehead atoms. The maximum Gasteiger partial charge on any atom is 0.329 e. The molecule has 3 saturated heterocycles. The summed E-state index contributed by atoms with van der Waals surface area (Å²) >= 11 is 0. The number of aromatic nitrogens is 3. The summed E-state index contributed by atoms with van der Waals surface area (Å²) in [7, 11) is 0. The molecule has 3 unspecified atom stereocenters. The quantitative estimate of drug-likeness (QED) is 0.481. The van der Waals surface area contributed by atoms with Gasteiger partial charge in [0.05, 0.1) is 62.4 Å². The summed E-state index contributed by atoms with van der Waals surface area (Å²) in [4.78, 5) is 20.9. The first-order chi connectivity index (χ1) is 19.7. The lowest BCUT2D eigenvalue weighted by Crippen LogP contribution is -2.48. The molecule has 1 aliphatic carbocycles. The van der Waals surface area contributed by atoms with Crippen LogP contribution in [0.4, 0.5) is 26.3 Å². The summed E-state index contributed by atoms with van der Waals surface area (Å²) in [5, 5.41) is 8.00. The van der Waals surface area contributed by atoms with Gasteiger partial charge < -0.3 is 15.0 Å². The lowest BCUT2D eigenvalue weighted by molar-refractivity contribution is -0.172. The third-order valence-electron chi connectivity index (χ3n) is 9.28. The van der Waals surface area contributed by atoms with E-state index in [9.17, 15) is 31.1 Å². The molecule has 4 fully saturated rings. The van der Waals surface area contributed by atoms with Crippen LogP contribution in [0.3, 0.4) is 0 Å². The molecule has 0 radical (unpaired) electrons. The Morgan fingerprint density at radius 3 is 2.31 bits per heavy atom. The predicted octanol–water partition coefficient (Wildman–Crippen LogP) is 4.12. The Balaban J connectivity index is 1.27. The van der Waals surface area contributed by atoms with E-state index in [1.807, 2.05) is 18.7 Å². The summed E-state index contributed by atoms with van der Waals surface area (Å²) in [5.74, 6) is -13.2. The van der Waals surface area contributed by atoms with E-state index < -0.39 is 48.6 Å². The number of ether oxygens (including phenoxy) is 1. The van der Waals surface area contributed by atoms with Gasteiger partial charge in [0.1, 0.15) is 0 Å². The molecule has 2 aromatic rings. The minimum Gasteiger partial charge on any atom is -0.378 e. The van der Waals surface area contributed by atoms with E-state index >= 15 is 0 Å². The second-order valence-corrected chi connectivity index (χ2v) is 12.7. The molecule has 0 spiro atoms. The molecule has 42 heavy (non-hydrogen) atoms. The van der Waals surface area contributed by atoms with E-state index in [4.69, 9.17) is 9.72 Å². The molecule has 2 aromatic heterocycles. The summed E-state index contributed by atoms with van der Waals surface area (Å²) in [6.45, 7) is 2.96. The van der Waals surface area contributed by atoms with Crippen molar-refractivity contribution in [2.45, 2.75) is 81.3 Å². The largest absolute Gasteiger partial charge is 0.378 e. The Kier molecular flexibility index (Phi) is 7.49. The highest BCUT2D eigenvalue weighted by atomic mass is 19.3. The topological polar surface area (TPSA) is 75.0 Å². The highest BCUT2D eigenvalue weighted by Gasteiger charge is 2.64.